The van der Waals surface area contributed by atoms with Gasteiger partial charge in [0, 0.05) is 25.9 Å². The fourth-order valence-electron chi connectivity index (χ4n) is 5.68. The summed E-state index contributed by atoms with van der Waals surface area (Å²) in [7, 11) is 0. The van der Waals surface area contributed by atoms with Crippen LogP contribution in [0.15, 0.2) is 48.5 Å². The molecule has 2 aromatic carbocycles. The van der Waals surface area contributed by atoms with E-state index in [1.165, 1.54) is 24.3 Å². The van der Waals surface area contributed by atoms with Crippen LogP contribution in [-0.2, 0) is 54.0 Å². The number of nitrogens with one attached hydrogen (secondary N) is 1. The Morgan fingerprint density at radius 2 is 1.59 bits per heavy atom. The lowest BCUT2D eigenvalue weighted by Crippen LogP contribution is -2.63. The Bertz CT molecular complexity index is 1300. The molecule has 1 amide bonds. The van der Waals surface area contributed by atoms with Gasteiger partial charge in [0.25, 0.3) is 5.91 Å². The molecule has 2 heterocycles. The number of alkyl halides is 6. The van der Waals surface area contributed by atoms with Gasteiger partial charge in [0.05, 0.1) is 49.8 Å². The highest BCUT2D eigenvalue weighted by atomic mass is 19.4. The number of hydrogen-bond acceptors (Lipinski definition) is 7. The van der Waals surface area contributed by atoms with Crippen molar-refractivity contribution in [1.29, 1.82) is 0 Å². The Balaban J connectivity index is 1.41. The van der Waals surface area contributed by atoms with E-state index in [9.17, 15) is 31.1 Å². The summed E-state index contributed by atoms with van der Waals surface area (Å²) in [6.45, 7) is 4.64. The van der Waals surface area contributed by atoms with Gasteiger partial charge in [-0.3, -0.25) is 10.2 Å². The molecule has 44 heavy (non-hydrogen) atoms. The number of morpholine rings is 1. The third-order valence-electron chi connectivity index (χ3n) is 7.85. The van der Waals surface area contributed by atoms with Crippen LogP contribution in [0.3, 0.4) is 0 Å². The molecule has 2 aromatic rings. The van der Waals surface area contributed by atoms with E-state index in [-0.39, 0.29) is 31.6 Å². The van der Waals surface area contributed by atoms with Crippen molar-refractivity contribution < 1.29 is 54.8 Å². The van der Waals surface area contributed by atoms with E-state index >= 15 is 0 Å². The molecule has 1 aliphatic carbocycles. The molecule has 8 nitrogen and oxygen atoms in total. The van der Waals surface area contributed by atoms with Crippen LogP contribution in [0.25, 0.3) is 0 Å². The zero-order chi connectivity index (χ0) is 31.8. The van der Waals surface area contributed by atoms with Crippen LogP contribution < -0.4 is 5.43 Å². The molecule has 0 radical (unpaired) electrons. The fourth-order valence-corrected chi connectivity index (χ4v) is 5.68. The SMILES string of the molecule is CC1(C)O[C@H]2[C@@H](OCc3ccc(C(F)(F)F)cc3)C[C@](OCc3cccc(C(F)(F)F)c3)(C(=O)NN3CCOCC3)C[C@H]2O1. The van der Waals surface area contributed by atoms with E-state index in [4.69, 9.17) is 23.7 Å². The lowest BCUT2D eigenvalue weighted by atomic mass is 9.78. The number of amides is 1. The van der Waals surface area contributed by atoms with Gasteiger partial charge in [0.1, 0.15) is 6.10 Å². The van der Waals surface area contributed by atoms with Crippen LogP contribution >= 0.6 is 0 Å². The lowest BCUT2D eigenvalue weighted by Gasteiger charge is -2.44. The molecule has 3 fully saturated rings. The standard InChI is InChI=1S/C30H34F6N2O6/c1-27(2)43-24-16-28(26(39)37-38-10-12-40-13-11-38,42-18-20-4-3-5-22(14-20)30(34,35)36)15-23(25(24)44-27)41-17-19-6-8-21(9-7-19)29(31,32)33/h3-9,14,23-25H,10-13,15-18H2,1-2H3,(H,37,39)/t23-,24+,25-,28+/m0/s1. The number of hydrogen-bond donors (Lipinski definition) is 1. The van der Waals surface area contributed by atoms with Gasteiger partial charge in [-0.25, -0.2) is 5.01 Å². The van der Waals surface area contributed by atoms with Gasteiger partial charge in [-0.2, -0.15) is 26.3 Å². The molecule has 1 N–H and O–H groups in total. The largest absolute Gasteiger partial charge is 0.416 e. The number of benzene rings is 2. The molecule has 1 saturated carbocycles. The lowest BCUT2D eigenvalue weighted by molar-refractivity contribution is -0.187. The quantitative estimate of drug-likeness (QED) is 0.399. The third-order valence-corrected chi connectivity index (χ3v) is 7.85. The first-order valence-corrected chi connectivity index (χ1v) is 14.2. The second kappa shape index (κ2) is 12.6. The van der Waals surface area contributed by atoms with Crippen molar-refractivity contribution in [1.82, 2.24) is 10.4 Å². The average Bonchev–Trinajstić information content (AvgIpc) is 3.28. The summed E-state index contributed by atoms with van der Waals surface area (Å²) in [5, 5.41) is 1.68. The van der Waals surface area contributed by atoms with Gasteiger partial charge in [0.15, 0.2) is 11.4 Å². The molecule has 2 aliphatic heterocycles. The molecule has 14 heteroatoms. The number of rotatable bonds is 8. The molecular weight excluding hydrogens is 598 g/mol. The second-order valence-electron chi connectivity index (χ2n) is 11.6. The van der Waals surface area contributed by atoms with E-state index in [2.05, 4.69) is 5.43 Å². The highest BCUT2D eigenvalue weighted by Gasteiger charge is 2.58. The number of hydrazine groups is 1. The van der Waals surface area contributed by atoms with Gasteiger partial charge >= 0.3 is 12.4 Å². The normalized spacial score (nSPS) is 27.6. The van der Waals surface area contributed by atoms with Gasteiger partial charge in [0.2, 0.25) is 0 Å². The van der Waals surface area contributed by atoms with Crippen molar-refractivity contribution >= 4 is 5.91 Å². The Kier molecular flexibility index (Phi) is 9.32. The first kappa shape index (κ1) is 32.6. The van der Waals surface area contributed by atoms with E-state index < -0.39 is 59.1 Å². The Hall–Kier alpha value is -2.75. The minimum absolute atomic E-state index is 0.0242. The maximum Gasteiger partial charge on any atom is 0.416 e. The molecule has 0 aromatic heterocycles. The fraction of sp³-hybridized carbons (Fsp3) is 0.567. The maximum atomic E-state index is 14.0. The van der Waals surface area contributed by atoms with Crippen molar-refractivity contribution in [2.75, 3.05) is 26.3 Å². The third kappa shape index (κ3) is 7.72. The van der Waals surface area contributed by atoms with Crippen LogP contribution in [0, 0.1) is 0 Å². The van der Waals surface area contributed by atoms with Gasteiger partial charge in [-0.05, 0) is 49.2 Å². The molecule has 0 unspecified atom stereocenters. The summed E-state index contributed by atoms with van der Waals surface area (Å²) in [6, 6.07) is 9.19. The van der Waals surface area contributed by atoms with Crippen LogP contribution in [0.2, 0.25) is 0 Å². The summed E-state index contributed by atoms with van der Waals surface area (Å²) < 4.78 is 109. The molecular formula is C30H34F6N2O6. The van der Waals surface area contributed by atoms with Gasteiger partial charge < -0.3 is 23.7 Å². The highest BCUT2D eigenvalue weighted by molar-refractivity contribution is 5.85. The minimum atomic E-state index is -4.56. The number of fused-ring (bicyclic) bond motifs is 1. The summed E-state index contributed by atoms with van der Waals surface area (Å²) in [5.41, 5.74) is 0.295. The number of halogens is 6. The summed E-state index contributed by atoms with van der Waals surface area (Å²) in [5.74, 6) is -1.57. The maximum absolute atomic E-state index is 14.0. The Labute approximate surface area is 250 Å². The molecule has 242 valence electrons. The second-order valence-corrected chi connectivity index (χ2v) is 11.6. The average molecular weight is 633 g/mol. The van der Waals surface area contributed by atoms with Crippen LogP contribution in [0.4, 0.5) is 26.3 Å². The predicted molar refractivity (Wildman–Crippen MR) is 143 cm³/mol. The van der Waals surface area contributed by atoms with E-state index in [0.29, 0.717) is 31.9 Å². The number of carbonyl (C=O) groups excluding carboxylic acids is 1. The first-order chi connectivity index (χ1) is 20.6. The molecule has 0 spiro atoms. The number of nitrogens with zero attached hydrogens (tertiary/aromatic N) is 1. The summed E-state index contributed by atoms with van der Waals surface area (Å²) in [6.07, 6.45) is -11.2. The van der Waals surface area contributed by atoms with Gasteiger partial charge in [-0.1, -0.05) is 24.3 Å². The highest BCUT2D eigenvalue weighted by Crippen LogP contribution is 2.44. The van der Waals surface area contributed by atoms with Crippen molar-refractivity contribution in [3.8, 4) is 0 Å². The van der Waals surface area contributed by atoms with E-state index in [0.717, 1.165) is 24.3 Å². The van der Waals surface area contributed by atoms with Crippen molar-refractivity contribution in [3.63, 3.8) is 0 Å². The predicted octanol–water partition coefficient (Wildman–Crippen LogP) is 5.24. The van der Waals surface area contributed by atoms with Gasteiger partial charge in [-0.15, -0.1) is 0 Å². The zero-order valence-electron chi connectivity index (χ0n) is 24.2. The molecule has 0 bridgehead atoms. The zero-order valence-corrected chi connectivity index (χ0v) is 24.2. The Morgan fingerprint density at radius 3 is 2.25 bits per heavy atom. The summed E-state index contributed by atoms with van der Waals surface area (Å²) >= 11 is 0. The van der Waals surface area contributed by atoms with Crippen LogP contribution in [0.1, 0.15) is 48.9 Å². The minimum Gasteiger partial charge on any atom is -0.379 e. The number of ether oxygens (including phenoxy) is 5. The Morgan fingerprint density at radius 1 is 0.909 bits per heavy atom. The van der Waals surface area contributed by atoms with Crippen molar-refractivity contribution in [2.24, 2.45) is 0 Å². The van der Waals surface area contributed by atoms with Crippen molar-refractivity contribution in [3.05, 3.63) is 70.8 Å². The first-order valence-electron chi connectivity index (χ1n) is 14.2. The smallest absolute Gasteiger partial charge is 0.379 e. The topological polar surface area (TPSA) is 78.5 Å². The van der Waals surface area contributed by atoms with Crippen LogP contribution in [-0.4, -0.2) is 66.9 Å². The molecule has 2 saturated heterocycles. The number of carbonyl (C=O) groups is 1. The summed E-state index contributed by atoms with van der Waals surface area (Å²) in [4.78, 5) is 14.0. The molecule has 4 atom stereocenters. The van der Waals surface area contributed by atoms with E-state index in [1.807, 2.05) is 0 Å². The molecule has 3 aliphatic rings. The monoisotopic (exact) mass is 632 g/mol. The molecule has 5 rings (SSSR count). The van der Waals surface area contributed by atoms with Crippen molar-refractivity contribution in [2.45, 2.75) is 82.0 Å². The van der Waals surface area contributed by atoms with Crippen LogP contribution in [0.5, 0.6) is 0 Å². The van der Waals surface area contributed by atoms with E-state index in [1.54, 1.807) is 18.9 Å².